The SMILES string of the molecule is C[Si]1(C)CO[Si](C)(C)O[Si](C)(C)CO[Si](C)(C)O[Si](C)(C)O[Si](C)(C)CO1. The van der Waals surface area contributed by atoms with Crippen LogP contribution in [0.15, 0.2) is 0 Å². The van der Waals surface area contributed by atoms with Gasteiger partial charge in [-0.25, -0.2) is 0 Å². The van der Waals surface area contributed by atoms with Crippen molar-refractivity contribution < 1.29 is 25.6 Å². The molecule has 0 aromatic rings. The van der Waals surface area contributed by atoms with Crippen LogP contribution in [0.2, 0.25) is 78.6 Å². The summed E-state index contributed by atoms with van der Waals surface area (Å²) < 4.78 is 38.6. The van der Waals surface area contributed by atoms with Crippen molar-refractivity contribution in [2.45, 2.75) is 78.6 Å². The van der Waals surface area contributed by atoms with Gasteiger partial charge in [-0.1, -0.05) is 0 Å². The molecule has 0 unspecified atom stereocenters. The Hall–Kier alpha value is 1.06. The van der Waals surface area contributed by atoms with Crippen molar-refractivity contribution in [3.05, 3.63) is 0 Å². The summed E-state index contributed by atoms with van der Waals surface area (Å²) in [4.78, 5) is 0. The van der Waals surface area contributed by atoms with Crippen molar-refractivity contribution in [3.63, 3.8) is 0 Å². The van der Waals surface area contributed by atoms with Crippen LogP contribution in [0.1, 0.15) is 0 Å². The Bertz CT molecular complexity index is 509. The maximum atomic E-state index is 6.58. The molecule has 1 rings (SSSR count). The molecule has 1 saturated heterocycles. The summed E-state index contributed by atoms with van der Waals surface area (Å²) >= 11 is 0. The Morgan fingerprint density at radius 2 is 0.704 bits per heavy atom. The van der Waals surface area contributed by atoms with Gasteiger partial charge in [0, 0.05) is 0 Å². The first kappa shape index (κ1) is 26.1. The topological polar surface area (TPSA) is 55.4 Å². The van der Waals surface area contributed by atoms with Gasteiger partial charge in [-0.15, -0.1) is 0 Å². The number of rotatable bonds is 0. The highest BCUT2D eigenvalue weighted by molar-refractivity contribution is 6.87. The van der Waals surface area contributed by atoms with Crippen molar-refractivity contribution >= 4 is 50.6 Å². The molecule has 162 valence electrons. The van der Waals surface area contributed by atoms with Gasteiger partial charge in [-0.2, -0.15) is 0 Å². The molecule has 0 aliphatic carbocycles. The van der Waals surface area contributed by atoms with E-state index in [1.165, 1.54) is 0 Å². The standard InChI is InChI=1S/C15H42O6Si6/c1-22(2)14-17-25(7,8)19-24(5,6)15-18-26(9,10)21-27(11,12)20-23(3,4)13-16-22/h13-15H2,1-12H3. The zero-order valence-electron chi connectivity index (χ0n) is 19.6. The third kappa shape index (κ3) is 10.6. The lowest BCUT2D eigenvalue weighted by Gasteiger charge is -2.39. The molecule has 27 heavy (non-hydrogen) atoms. The van der Waals surface area contributed by atoms with Gasteiger partial charge in [-0.05, 0) is 78.6 Å². The fourth-order valence-corrected chi connectivity index (χ4v) is 28.6. The van der Waals surface area contributed by atoms with Crippen molar-refractivity contribution in [2.75, 3.05) is 18.7 Å². The zero-order chi connectivity index (χ0) is 21.4. The molecule has 1 aliphatic rings. The fraction of sp³-hybridized carbons (Fsp3) is 1.00. The van der Waals surface area contributed by atoms with Gasteiger partial charge in [0.05, 0.1) is 18.7 Å². The first-order valence-corrected chi connectivity index (χ1v) is 27.6. The molecule has 0 aromatic heterocycles. The van der Waals surface area contributed by atoms with E-state index in [0.717, 1.165) is 0 Å². The maximum absolute atomic E-state index is 6.58. The molecule has 0 aromatic carbocycles. The number of hydrogen-bond donors (Lipinski definition) is 0. The van der Waals surface area contributed by atoms with Crippen molar-refractivity contribution in [1.29, 1.82) is 0 Å². The van der Waals surface area contributed by atoms with Crippen LogP contribution in [-0.2, 0) is 25.6 Å². The molecule has 1 heterocycles. The van der Waals surface area contributed by atoms with E-state index in [9.17, 15) is 0 Å². The lowest BCUT2D eigenvalue weighted by molar-refractivity contribution is 0.238. The fourth-order valence-electron chi connectivity index (χ4n) is 3.17. The van der Waals surface area contributed by atoms with E-state index in [4.69, 9.17) is 25.6 Å². The van der Waals surface area contributed by atoms with Gasteiger partial charge in [0.2, 0.25) is 8.32 Å². The van der Waals surface area contributed by atoms with Crippen LogP contribution in [0.25, 0.3) is 0 Å². The Kier molecular flexibility index (Phi) is 8.37. The minimum absolute atomic E-state index is 0.620. The summed E-state index contributed by atoms with van der Waals surface area (Å²) in [7, 11) is -12.9. The third-order valence-electron chi connectivity index (χ3n) is 3.88. The molecular weight excluding hydrogens is 445 g/mol. The monoisotopic (exact) mass is 486 g/mol. The minimum Gasteiger partial charge on any atom is -0.435 e. The van der Waals surface area contributed by atoms with Gasteiger partial charge in [0.1, 0.15) is 0 Å². The van der Waals surface area contributed by atoms with Crippen LogP contribution in [-0.4, -0.2) is 69.3 Å². The van der Waals surface area contributed by atoms with E-state index in [0.29, 0.717) is 18.7 Å². The summed E-state index contributed by atoms with van der Waals surface area (Å²) in [5.41, 5.74) is 0. The molecular formula is C15H42O6Si6. The second-order valence-corrected chi connectivity index (χ2v) is 33.8. The Morgan fingerprint density at radius 1 is 0.370 bits per heavy atom. The smallest absolute Gasteiger partial charge is 0.322 e. The van der Waals surface area contributed by atoms with Crippen LogP contribution in [0.3, 0.4) is 0 Å². The van der Waals surface area contributed by atoms with Crippen LogP contribution in [0, 0.1) is 0 Å². The van der Waals surface area contributed by atoms with Gasteiger partial charge in [-0.3, -0.25) is 0 Å². The second-order valence-electron chi connectivity index (χ2n) is 10.7. The maximum Gasteiger partial charge on any atom is 0.322 e. The predicted octanol–water partition coefficient (Wildman–Crippen LogP) is 4.44. The quantitative estimate of drug-likeness (QED) is 0.472. The molecule has 1 aliphatic heterocycles. The van der Waals surface area contributed by atoms with Crippen LogP contribution in [0.5, 0.6) is 0 Å². The second kappa shape index (κ2) is 8.66. The lowest BCUT2D eigenvalue weighted by Crippen LogP contribution is -2.57. The van der Waals surface area contributed by atoms with E-state index in [1.807, 2.05) is 0 Å². The van der Waals surface area contributed by atoms with Crippen LogP contribution < -0.4 is 0 Å². The number of hydrogen-bond acceptors (Lipinski definition) is 6. The van der Waals surface area contributed by atoms with E-state index in [1.54, 1.807) is 0 Å². The zero-order valence-corrected chi connectivity index (χ0v) is 25.6. The highest BCUT2D eigenvalue weighted by atomic mass is 28.5. The summed E-state index contributed by atoms with van der Waals surface area (Å²) in [6, 6.07) is 0. The average Bonchev–Trinajstić information content (AvgIpc) is 2.38. The minimum atomic E-state index is -2.31. The Labute approximate surface area is 173 Å². The third-order valence-corrected chi connectivity index (χ3v) is 22.2. The van der Waals surface area contributed by atoms with E-state index in [2.05, 4.69) is 78.6 Å². The predicted molar refractivity (Wildman–Crippen MR) is 126 cm³/mol. The average molecular weight is 487 g/mol. The molecule has 0 radical (unpaired) electrons. The van der Waals surface area contributed by atoms with Gasteiger partial charge < -0.3 is 25.6 Å². The summed E-state index contributed by atoms with van der Waals surface area (Å²) in [5.74, 6) is 0. The Morgan fingerprint density at radius 3 is 1.19 bits per heavy atom. The molecule has 0 spiro atoms. The van der Waals surface area contributed by atoms with Crippen molar-refractivity contribution in [1.82, 2.24) is 0 Å². The van der Waals surface area contributed by atoms with E-state index >= 15 is 0 Å². The van der Waals surface area contributed by atoms with Crippen molar-refractivity contribution in [2.24, 2.45) is 0 Å². The molecule has 0 N–H and O–H groups in total. The van der Waals surface area contributed by atoms with Crippen molar-refractivity contribution in [3.8, 4) is 0 Å². The summed E-state index contributed by atoms with van der Waals surface area (Å²) in [6.45, 7) is 25.9. The molecule has 0 saturated carbocycles. The molecule has 12 heteroatoms. The normalized spacial score (nSPS) is 30.7. The molecule has 1 fully saturated rings. The first-order valence-electron chi connectivity index (χ1n) is 9.76. The van der Waals surface area contributed by atoms with Gasteiger partial charge in [0.15, 0.2) is 16.6 Å². The van der Waals surface area contributed by atoms with Gasteiger partial charge >= 0.3 is 25.7 Å². The highest BCUT2D eigenvalue weighted by Crippen LogP contribution is 2.25. The summed E-state index contributed by atoms with van der Waals surface area (Å²) in [5, 5.41) is 0. The molecule has 0 amide bonds. The largest absolute Gasteiger partial charge is 0.435 e. The Balaban J connectivity index is 3.10. The van der Waals surface area contributed by atoms with E-state index in [-0.39, 0.29) is 0 Å². The lowest BCUT2D eigenvalue weighted by atomic mass is 11.7. The van der Waals surface area contributed by atoms with Gasteiger partial charge in [0.25, 0.3) is 0 Å². The van der Waals surface area contributed by atoms with E-state index < -0.39 is 50.6 Å². The molecule has 0 bridgehead atoms. The van der Waals surface area contributed by atoms with Crippen LogP contribution >= 0.6 is 0 Å². The van der Waals surface area contributed by atoms with Crippen LogP contribution in [0.4, 0.5) is 0 Å². The molecule has 0 atom stereocenters. The molecule has 6 nitrogen and oxygen atoms in total. The highest BCUT2D eigenvalue weighted by Gasteiger charge is 2.44. The first-order chi connectivity index (χ1) is 11.7. The summed E-state index contributed by atoms with van der Waals surface area (Å²) in [6.07, 6.45) is 1.94.